The summed E-state index contributed by atoms with van der Waals surface area (Å²) in [6, 6.07) is 16.8. The van der Waals surface area contributed by atoms with E-state index in [1.54, 1.807) is 7.11 Å². The molecule has 0 spiro atoms. The van der Waals surface area contributed by atoms with Crippen molar-refractivity contribution >= 4 is 16.8 Å². The second-order valence-electron chi connectivity index (χ2n) is 9.14. The maximum absolute atomic E-state index is 13.2. The summed E-state index contributed by atoms with van der Waals surface area (Å²) >= 11 is 0. The standard InChI is InChI=1S/C28H37N3O2/c1-33-25-13-14-27-26(20-25)24(21-29-27)12-15-28(32)31-18-8-3-2-7-16-30(17-9-19-31)22-23-10-5-4-6-11-23/h4-6,10-11,13-14,20-21,29H,2-3,7-9,12,15-19,22H2,1H3. The lowest BCUT2D eigenvalue weighted by atomic mass is 10.1. The molecule has 0 aliphatic carbocycles. The molecule has 0 radical (unpaired) electrons. The summed E-state index contributed by atoms with van der Waals surface area (Å²) in [7, 11) is 1.69. The smallest absolute Gasteiger partial charge is 0.222 e. The summed E-state index contributed by atoms with van der Waals surface area (Å²) in [6.45, 7) is 4.93. The Kier molecular flexibility index (Phi) is 8.42. The normalized spacial score (nSPS) is 16.5. The van der Waals surface area contributed by atoms with E-state index in [1.165, 1.54) is 30.4 Å². The summed E-state index contributed by atoms with van der Waals surface area (Å²) in [6.07, 6.45) is 9.16. The van der Waals surface area contributed by atoms with Crippen molar-refractivity contribution in [1.29, 1.82) is 0 Å². The van der Waals surface area contributed by atoms with Crippen LogP contribution in [0.25, 0.3) is 10.9 Å². The molecule has 3 aromatic rings. The van der Waals surface area contributed by atoms with Crippen molar-refractivity contribution in [2.75, 3.05) is 33.3 Å². The van der Waals surface area contributed by atoms with Gasteiger partial charge in [-0.2, -0.15) is 0 Å². The molecule has 5 nitrogen and oxygen atoms in total. The van der Waals surface area contributed by atoms with Crippen LogP contribution < -0.4 is 4.74 Å². The first kappa shape index (κ1) is 23.4. The number of nitrogens with one attached hydrogen (secondary N) is 1. The maximum atomic E-state index is 13.2. The Labute approximate surface area is 197 Å². The second kappa shape index (κ2) is 11.9. The Morgan fingerprint density at radius 2 is 1.70 bits per heavy atom. The summed E-state index contributed by atoms with van der Waals surface area (Å²) < 4.78 is 5.38. The fraction of sp³-hybridized carbons (Fsp3) is 0.464. The minimum Gasteiger partial charge on any atom is -0.497 e. The molecule has 176 valence electrons. The van der Waals surface area contributed by atoms with E-state index in [0.717, 1.165) is 68.6 Å². The fourth-order valence-electron chi connectivity index (χ4n) is 4.84. The van der Waals surface area contributed by atoms with Gasteiger partial charge in [-0.05, 0) is 61.6 Å². The Hall–Kier alpha value is -2.79. The molecule has 1 N–H and O–H groups in total. The first-order valence-electron chi connectivity index (χ1n) is 12.4. The van der Waals surface area contributed by atoms with Crippen LogP contribution in [0.4, 0.5) is 0 Å². The first-order chi connectivity index (χ1) is 16.2. The van der Waals surface area contributed by atoms with Crippen LogP contribution in [0.3, 0.4) is 0 Å². The van der Waals surface area contributed by atoms with Crippen molar-refractivity contribution in [1.82, 2.24) is 14.8 Å². The number of carbonyl (C=O) groups excluding carboxylic acids is 1. The van der Waals surface area contributed by atoms with Crippen molar-refractivity contribution in [2.24, 2.45) is 0 Å². The molecular formula is C28H37N3O2. The van der Waals surface area contributed by atoms with Gasteiger partial charge in [0.15, 0.2) is 0 Å². The molecule has 1 saturated heterocycles. The maximum Gasteiger partial charge on any atom is 0.222 e. The van der Waals surface area contributed by atoms with Crippen molar-refractivity contribution < 1.29 is 9.53 Å². The van der Waals surface area contributed by atoms with Gasteiger partial charge in [-0.15, -0.1) is 0 Å². The van der Waals surface area contributed by atoms with Crippen molar-refractivity contribution in [3.8, 4) is 5.75 Å². The number of benzene rings is 2. The molecule has 0 atom stereocenters. The zero-order valence-corrected chi connectivity index (χ0v) is 19.9. The minimum absolute atomic E-state index is 0.279. The van der Waals surface area contributed by atoms with Crippen LogP contribution in [0.2, 0.25) is 0 Å². The Balaban J connectivity index is 1.33. The Morgan fingerprint density at radius 3 is 2.52 bits per heavy atom. The summed E-state index contributed by atoms with van der Waals surface area (Å²) in [5.41, 5.74) is 3.65. The van der Waals surface area contributed by atoms with Crippen LogP contribution in [0.1, 0.15) is 49.7 Å². The number of rotatable bonds is 6. The van der Waals surface area contributed by atoms with E-state index in [-0.39, 0.29) is 5.91 Å². The molecular weight excluding hydrogens is 410 g/mol. The average Bonchev–Trinajstić information content (AvgIpc) is 3.23. The second-order valence-corrected chi connectivity index (χ2v) is 9.14. The molecule has 2 heterocycles. The predicted octanol–water partition coefficient (Wildman–Crippen LogP) is 5.40. The lowest BCUT2D eigenvalue weighted by Gasteiger charge is -2.25. The number of fused-ring (bicyclic) bond motifs is 1. The summed E-state index contributed by atoms with van der Waals surface area (Å²) in [4.78, 5) is 21.1. The van der Waals surface area contributed by atoms with Crippen molar-refractivity contribution in [2.45, 2.75) is 51.5 Å². The van der Waals surface area contributed by atoms with Crippen molar-refractivity contribution in [3.05, 3.63) is 65.9 Å². The van der Waals surface area contributed by atoms with Gasteiger partial charge in [0.2, 0.25) is 5.91 Å². The van der Waals surface area contributed by atoms with Gasteiger partial charge >= 0.3 is 0 Å². The van der Waals surface area contributed by atoms with Gasteiger partial charge in [0.1, 0.15) is 5.75 Å². The molecule has 1 aromatic heterocycles. The van der Waals surface area contributed by atoms with Crippen LogP contribution in [0.5, 0.6) is 5.75 Å². The Morgan fingerprint density at radius 1 is 0.939 bits per heavy atom. The van der Waals surface area contributed by atoms with Gasteiger partial charge < -0.3 is 14.6 Å². The van der Waals surface area contributed by atoms with Gasteiger partial charge in [0.05, 0.1) is 7.11 Å². The van der Waals surface area contributed by atoms with Gasteiger partial charge in [-0.1, -0.05) is 43.2 Å². The molecule has 1 amide bonds. The predicted molar refractivity (Wildman–Crippen MR) is 135 cm³/mol. The number of hydrogen-bond donors (Lipinski definition) is 1. The molecule has 0 unspecified atom stereocenters. The average molecular weight is 448 g/mol. The highest BCUT2D eigenvalue weighted by molar-refractivity contribution is 5.85. The number of aromatic amines is 1. The van der Waals surface area contributed by atoms with Crippen molar-refractivity contribution in [3.63, 3.8) is 0 Å². The zero-order chi connectivity index (χ0) is 22.9. The third-order valence-electron chi connectivity index (χ3n) is 6.74. The molecule has 1 fully saturated rings. The lowest BCUT2D eigenvalue weighted by molar-refractivity contribution is -0.131. The van der Waals surface area contributed by atoms with Crippen LogP contribution in [-0.2, 0) is 17.8 Å². The lowest BCUT2D eigenvalue weighted by Crippen LogP contribution is -2.35. The number of nitrogens with zero attached hydrogens (tertiary/aromatic N) is 2. The van der Waals surface area contributed by atoms with Gasteiger partial charge in [0.25, 0.3) is 0 Å². The van der Waals surface area contributed by atoms with E-state index >= 15 is 0 Å². The van der Waals surface area contributed by atoms with Crippen LogP contribution in [0.15, 0.2) is 54.7 Å². The number of aromatic nitrogens is 1. The molecule has 0 bridgehead atoms. The third kappa shape index (κ3) is 6.61. The Bertz CT molecular complexity index is 1010. The third-order valence-corrected chi connectivity index (χ3v) is 6.74. The SMILES string of the molecule is COc1ccc2[nH]cc(CCC(=O)N3CCCCCCN(Cc4ccccc4)CCC3)c2c1. The van der Waals surface area contributed by atoms with E-state index in [0.29, 0.717) is 6.42 Å². The number of aryl methyl sites for hydroxylation is 1. The van der Waals surface area contributed by atoms with Crippen LogP contribution in [-0.4, -0.2) is 54.0 Å². The quantitative estimate of drug-likeness (QED) is 0.550. The van der Waals surface area contributed by atoms with E-state index in [2.05, 4.69) is 51.2 Å². The molecule has 1 aliphatic rings. The highest BCUT2D eigenvalue weighted by atomic mass is 16.5. The molecule has 4 rings (SSSR count). The molecule has 5 heteroatoms. The molecule has 0 saturated carbocycles. The van der Waals surface area contributed by atoms with E-state index < -0.39 is 0 Å². The molecule has 1 aliphatic heterocycles. The number of hydrogen-bond acceptors (Lipinski definition) is 3. The van der Waals surface area contributed by atoms with Crippen LogP contribution >= 0.6 is 0 Å². The highest BCUT2D eigenvalue weighted by Crippen LogP contribution is 2.24. The van der Waals surface area contributed by atoms with Gasteiger partial charge in [0, 0.05) is 49.7 Å². The minimum atomic E-state index is 0.279. The summed E-state index contributed by atoms with van der Waals surface area (Å²) in [5, 5.41) is 1.15. The van der Waals surface area contributed by atoms with E-state index in [1.807, 2.05) is 18.3 Å². The number of carbonyl (C=O) groups is 1. The van der Waals surface area contributed by atoms with Gasteiger partial charge in [-0.25, -0.2) is 0 Å². The largest absolute Gasteiger partial charge is 0.497 e. The van der Waals surface area contributed by atoms with Gasteiger partial charge in [-0.3, -0.25) is 9.69 Å². The topological polar surface area (TPSA) is 48.6 Å². The first-order valence-corrected chi connectivity index (χ1v) is 12.4. The number of amides is 1. The fourth-order valence-corrected chi connectivity index (χ4v) is 4.84. The highest BCUT2D eigenvalue weighted by Gasteiger charge is 2.16. The number of H-pyrrole nitrogens is 1. The van der Waals surface area contributed by atoms with Crippen LogP contribution in [0, 0.1) is 0 Å². The molecule has 33 heavy (non-hydrogen) atoms. The molecule has 2 aromatic carbocycles. The number of ether oxygens (including phenoxy) is 1. The summed E-state index contributed by atoms with van der Waals surface area (Å²) in [5.74, 6) is 1.13. The number of methoxy groups -OCH3 is 1. The monoisotopic (exact) mass is 447 g/mol. The zero-order valence-electron chi connectivity index (χ0n) is 19.9. The van der Waals surface area contributed by atoms with E-state index in [4.69, 9.17) is 4.74 Å². The van der Waals surface area contributed by atoms with E-state index in [9.17, 15) is 4.79 Å².